The average Bonchev–Trinajstić information content (AvgIpc) is 2.15. The molecule has 0 saturated heterocycles. The SMILES string of the molecule is O=[C]([GeH2][Cl])c1ccc(C(F)(F)F)cc1. The Bertz CT molecular complexity index is 333. The third kappa shape index (κ3) is 2.75. The van der Waals surface area contributed by atoms with Gasteiger partial charge < -0.3 is 0 Å². The van der Waals surface area contributed by atoms with Crippen molar-refractivity contribution in [1.29, 1.82) is 0 Å². The quantitative estimate of drug-likeness (QED) is 0.760. The molecule has 14 heavy (non-hydrogen) atoms. The van der Waals surface area contributed by atoms with E-state index in [4.69, 9.17) is 10.0 Å². The van der Waals surface area contributed by atoms with Crippen LogP contribution in [0.3, 0.4) is 0 Å². The molecule has 1 aromatic rings. The van der Waals surface area contributed by atoms with Crippen molar-refractivity contribution < 1.29 is 18.0 Å². The minimum atomic E-state index is -4.36. The van der Waals surface area contributed by atoms with E-state index in [9.17, 15) is 18.0 Å². The summed E-state index contributed by atoms with van der Waals surface area (Å²) in [6.07, 6.45) is -4.36. The van der Waals surface area contributed by atoms with Gasteiger partial charge in [0.05, 0.1) is 0 Å². The van der Waals surface area contributed by atoms with E-state index in [0.29, 0.717) is 0 Å². The summed E-state index contributed by atoms with van der Waals surface area (Å²) < 4.78 is 36.1. The Morgan fingerprint density at radius 1 is 1.21 bits per heavy atom. The average molecular weight is 283 g/mol. The second kappa shape index (κ2) is 4.36. The monoisotopic (exact) mass is 284 g/mol. The van der Waals surface area contributed by atoms with Crippen molar-refractivity contribution in [2.75, 3.05) is 0 Å². The van der Waals surface area contributed by atoms with Crippen molar-refractivity contribution in [2.45, 2.75) is 6.18 Å². The maximum atomic E-state index is 12.1. The molecule has 6 heteroatoms. The van der Waals surface area contributed by atoms with E-state index >= 15 is 0 Å². The first-order valence-electron chi connectivity index (χ1n) is 3.71. The molecule has 0 aliphatic rings. The molecule has 1 nitrogen and oxygen atoms in total. The molecule has 0 heterocycles. The number of hydrogen-bond donors (Lipinski definition) is 0. The van der Waals surface area contributed by atoms with Gasteiger partial charge in [0.25, 0.3) is 0 Å². The Morgan fingerprint density at radius 3 is 2.07 bits per heavy atom. The van der Waals surface area contributed by atoms with E-state index < -0.39 is 26.2 Å². The molecular weight excluding hydrogens is 277 g/mol. The van der Waals surface area contributed by atoms with Crippen molar-refractivity contribution in [2.24, 2.45) is 0 Å². The second-order valence-corrected chi connectivity index (χ2v) is 5.93. The van der Waals surface area contributed by atoms with E-state index in [1.54, 1.807) is 0 Å². The number of benzene rings is 1. The van der Waals surface area contributed by atoms with Gasteiger partial charge in [0.15, 0.2) is 0 Å². The first kappa shape index (κ1) is 11.6. The van der Waals surface area contributed by atoms with Crippen molar-refractivity contribution in [3.8, 4) is 0 Å². The van der Waals surface area contributed by atoms with Crippen LogP contribution in [0.25, 0.3) is 0 Å². The number of carbonyl (C=O) groups is 1. The fraction of sp³-hybridized carbons (Fsp3) is 0.125. The second-order valence-electron chi connectivity index (χ2n) is 2.63. The maximum absolute atomic E-state index is 12.1. The van der Waals surface area contributed by atoms with E-state index in [2.05, 4.69) is 0 Å². The molecule has 0 atom stereocenters. The Hall–Kier alpha value is -0.487. The summed E-state index contributed by atoms with van der Waals surface area (Å²) >= 11 is -1.75. The molecule has 0 fully saturated rings. The molecule has 0 spiro atoms. The fourth-order valence-corrected chi connectivity index (χ4v) is 2.54. The van der Waals surface area contributed by atoms with Crippen LogP contribution in [0.2, 0.25) is 0 Å². The summed E-state index contributed by atoms with van der Waals surface area (Å²) in [6, 6.07) is 4.11. The number of rotatable bonds is 2. The van der Waals surface area contributed by atoms with Gasteiger partial charge in [-0.3, -0.25) is 0 Å². The minimum absolute atomic E-state index is 0.201. The third-order valence-corrected chi connectivity index (χ3v) is 4.28. The van der Waals surface area contributed by atoms with Crippen LogP contribution in [0.1, 0.15) is 15.9 Å². The van der Waals surface area contributed by atoms with Gasteiger partial charge >= 0.3 is 88.7 Å². The molecule has 0 aliphatic carbocycles. The van der Waals surface area contributed by atoms with E-state index in [1.165, 1.54) is 12.1 Å². The van der Waals surface area contributed by atoms with Gasteiger partial charge in [-0.25, -0.2) is 0 Å². The first-order valence-corrected chi connectivity index (χ1v) is 9.10. The van der Waals surface area contributed by atoms with Crippen LogP contribution < -0.4 is 0 Å². The summed E-state index contributed by atoms with van der Waals surface area (Å²) in [5.74, 6) is 0. The Kier molecular flexibility index (Phi) is 3.61. The zero-order chi connectivity index (χ0) is 10.8. The number of halogens is 4. The Morgan fingerprint density at radius 2 is 1.71 bits per heavy atom. The van der Waals surface area contributed by atoms with Crippen LogP contribution in [-0.4, -0.2) is 19.1 Å². The zero-order valence-corrected chi connectivity index (χ0v) is 10.7. The molecule has 1 rings (SSSR count). The topological polar surface area (TPSA) is 17.1 Å². The molecule has 1 aromatic carbocycles. The van der Waals surface area contributed by atoms with Gasteiger partial charge in [-0.05, 0) is 0 Å². The summed E-state index contributed by atoms with van der Waals surface area (Å²) in [4.78, 5) is 11.0. The van der Waals surface area contributed by atoms with Crippen LogP contribution >= 0.6 is 10.0 Å². The van der Waals surface area contributed by atoms with Crippen LogP contribution in [0, 0.1) is 0 Å². The number of carbonyl (C=O) groups excluding carboxylic acids is 1. The van der Waals surface area contributed by atoms with Gasteiger partial charge in [-0.15, -0.1) is 0 Å². The van der Waals surface area contributed by atoms with Crippen LogP contribution in [0.15, 0.2) is 24.3 Å². The fourth-order valence-electron chi connectivity index (χ4n) is 0.922. The molecular formula is C8H6ClF3GeO. The predicted octanol–water partition coefficient (Wildman–Crippen LogP) is 2.17. The van der Waals surface area contributed by atoms with Crippen molar-refractivity contribution in [3.63, 3.8) is 0 Å². The van der Waals surface area contributed by atoms with Crippen LogP contribution in [0.5, 0.6) is 0 Å². The molecule has 76 valence electrons. The molecule has 0 N–H and O–H groups in total. The zero-order valence-electron chi connectivity index (χ0n) is 6.94. The van der Waals surface area contributed by atoms with E-state index in [-0.39, 0.29) is 10.2 Å². The molecule has 0 unspecified atom stereocenters. The molecule has 0 amide bonds. The molecule has 0 aromatic heterocycles. The summed E-state index contributed by atoms with van der Waals surface area (Å²) in [6.45, 7) is 0. The normalized spacial score (nSPS) is 12.3. The van der Waals surface area contributed by atoms with E-state index in [1.807, 2.05) is 0 Å². The van der Waals surface area contributed by atoms with Crippen LogP contribution in [-0.2, 0) is 6.18 Å². The van der Waals surface area contributed by atoms with Gasteiger partial charge in [0, 0.05) is 0 Å². The van der Waals surface area contributed by atoms with Crippen molar-refractivity contribution >= 4 is 29.1 Å². The van der Waals surface area contributed by atoms with Gasteiger partial charge in [0.2, 0.25) is 0 Å². The third-order valence-electron chi connectivity index (χ3n) is 1.66. The van der Waals surface area contributed by atoms with Crippen molar-refractivity contribution in [1.82, 2.24) is 0 Å². The first-order chi connectivity index (χ1) is 6.45. The Balaban J connectivity index is 2.95. The van der Waals surface area contributed by atoms with Gasteiger partial charge in [-0.2, -0.15) is 0 Å². The summed E-state index contributed by atoms with van der Waals surface area (Å²) in [5.41, 5.74) is -0.482. The summed E-state index contributed by atoms with van der Waals surface area (Å²) in [7, 11) is 5.43. The standard InChI is InChI=1S/C8H6ClF3GeO/c9-13-7(14)5-1-3-6(4-2-5)8(10,11)12/h1-4H,13H2. The Labute approximate surface area is 88.9 Å². The predicted molar refractivity (Wildman–Crippen MR) is 50.2 cm³/mol. The van der Waals surface area contributed by atoms with Gasteiger partial charge in [-0.1, -0.05) is 0 Å². The van der Waals surface area contributed by atoms with E-state index in [0.717, 1.165) is 12.1 Å². The van der Waals surface area contributed by atoms with Crippen LogP contribution in [0.4, 0.5) is 13.2 Å². The summed E-state index contributed by atoms with van der Waals surface area (Å²) in [5, 5.41) is 0. The molecule has 0 bridgehead atoms. The molecule has 0 aliphatic heterocycles. The number of alkyl halides is 3. The number of hydrogen-bond acceptors (Lipinski definition) is 1. The molecule has 0 radical (unpaired) electrons. The van der Waals surface area contributed by atoms with Crippen molar-refractivity contribution in [3.05, 3.63) is 35.4 Å². The molecule has 0 saturated carbocycles. The van der Waals surface area contributed by atoms with Gasteiger partial charge in [0.1, 0.15) is 0 Å².